The summed E-state index contributed by atoms with van der Waals surface area (Å²) >= 11 is 0. The standard InChI is InChI=1S/C26H17N/c1-2-9-21-17(5-1)6-4-10-23(21)27-24-16-14-20-12-11-18-7-3-8-19-13-15-22(24)26(20)25(18)19/h1-16,27H. The number of hydrogen-bond acceptors (Lipinski definition) is 1. The zero-order valence-corrected chi connectivity index (χ0v) is 14.7. The van der Waals surface area contributed by atoms with Gasteiger partial charge >= 0.3 is 0 Å². The highest BCUT2D eigenvalue weighted by Gasteiger charge is 2.11. The first-order chi connectivity index (χ1) is 13.4. The normalized spacial score (nSPS) is 11.7. The summed E-state index contributed by atoms with van der Waals surface area (Å²) in [6.45, 7) is 0. The van der Waals surface area contributed by atoms with Crippen molar-refractivity contribution in [3.05, 3.63) is 97.1 Å². The first-order valence-corrected chi connectivity index (χ1v) is 9.30. The Hall–Kier alpha value is -3.58. The van der Waals surface area contributed by atoms with Crippen molar-refractivity contribution in [2.24, 2.45) is 0 Å². The van der Waals surface area contributed by atoms with Crippen molar-refractivity contribution < 1.29 is 0 Å². The second kappa shape index (κ2) is 5.46. The molecule has 1 nitrogen and oxygen atoms in total. The van der Waals surface area contributed by atoms with Gasteiger partial charge in [0.25, 0.3) is 0 Å². The van der Waals surface area contributed by atoms with E-state index >= 15 is 0 Å². The predicted molar refractivity (Wildman–Crippen MR) is 117 cm³/mol. The molecular formula is C26H17N. The van der Waals surface area contributed by atoms with E-state index in [0.29, 0.717) is 0 Å². The fourth-order valence-electron chi connectivity index (χ4n) is 4.32. The van der Waals surface area contributed by atoms with E-state index in [4.69, 9.17) is 0 Å². The van der Waals surface area contributed by atoms with Gasteiger partial charge in [0, 0.05) is 22.1 Å². The van der Waals surface area contributed by atoms with Crippen LogP contribution in [-0.4, -0.2) is 0 Å². The summed E-state index contributed by atoms with van der Waals surface area (Å²) in [5, 5.41) is 14.0. The highest BCUT2D eigenvalue weighted by Crippen LogP contribution is 2.39. The molecule has 0 spiro atoms. The molecule has 0 aliphatic heterocycles. The Bertz CT molecular complexity index is 1420. The van der Waals surface area contributed by atoms with Crippen LogP contribution in [0.1, 0.15) is 0 Å². The van der Waals surface area contributed by atoms with Gasteiger partial charge in [-0.25, -0.2) is 0 Å². The molecule has 0 unspecified atom stereocenters. The van der Waals surface area contributed by atoms with Crippen LogP contribution in [-0.2, 0) is 0 Å². The summed E-state index contributed by atoms with van der Waals surface area (Å²) < 4.78 is 0. The molecule has 126 valence electrons. The Balaban J connectivity index is 1.64. The van der Waals surface area contributed by atoms with Crippen molar-refractivity contribution in [2.75, 3.05) is 5.32 Å². The molecule has 0 bridgehead atoms. The zero-order valence-electron chi connectivity index (χ0n) is 14.7. The summed E-state index contributed by atoms with van der Waals surface area (Å²) in [5.74, 6) is 0. The van der Waals surface area contributed by atoms with Gasteiger partial charge < -0.3 is 5.32 Å². The third-order valence-electron chi connectivity index (χ3n) is 5.59. The largest absolute Gasteiger partial charge is 0.355 e. The number of fused-ring (bicyclic) bond motifs is 1. The molecule has 0 atom stereocenters. The van der Waals surface area contributed by atoms with Gasteiger partial charge in [0.15, 0.2) is 0 Å². The summed E-state index contributed by atoms with van der Waals surface area (Å²) in [6, 6.07) is 34.8. The highest BCUT2D eigenvalue weighted by molar-refractivity contribution is 6.25. The molecule has 1 heteroatoms. The van der Waals surface area contributed by atoms with Crippen LogP contribution >= 0.6 is 0 Å². The summed E-state index contributed by atoms with van der Waals surface area (Å²) in [5.41, 5.74) is 2.29. The Morgan fingerprint density at radius 2 is 0.963 bits per heavy atom. The van der Waals surface area contributed by atoms with Gasteiger partial charge in [-0.3, -0.25) is 0 Å². The number of anilines is 2. The molecule has 0 saturated carbocycles. The lowest BCUT2D eigenvalue weighted by Gasteiger charge is -2.16. The second-order valence-electron chi connectivity index (χ2n) is 7.12. The maximum Gasteiger partial charge on any atom is 0.0464 e. The maximum atomic E-state index is 3.70. The molecular weight excluding hydrogens is 326 g/mol. The van der Waals surface area contributed by atoms with Crippen molar-refractivity contribution in [3.8, 4) is 0 Å². The summed E-state index contributed by atoms with van der Waals surface area (Å²) in [4.78, 5) is 0. The minimum absolute atomic E-state index is 1.14. The zero-order chi connectivity index (χ0) is 17.8. The van der Waals surface area contributed by atoms with Crippen LogP contribution in [0.4, 0.5) is 11.4 Å². The molecule has 0 aliphatic carbocycles. The highest BCUT2D eigenvalue weighted by atomic mass is 14.9. The van der Waals surface area contributed by atoms with E-state index in [9.17, 15) is 0 Å². The monoisotopic (exact) mass is 343 g/mol. The molecule has 0 heterocycles. The number of nitrogens with one attached hydrogen (secondary N) is 1. The van der Waals surface area contributed by atoms with Crippen LogP contribution < -0.4 is 5.32 Å². The molecule has 6 aromatic carbocycles. The minimum Gasteiger partial charge on any atom is -0.355 e. The van der Waals surface area contributed by atoms with Crippen molar-refractivity contribution in [2.45, 2.75) is 0 Å². The van der Waals surface area contributed by atoms with Gasteiger partial charge in [-0.2, -0.15) is 0 Å². The summed E-state index contributed by atoms with van der Waals surface area (Å²) in [7, 11) is 0. The van der Waals surface area contributed by atoms with Gasteiger partial charge in [-0.1, -0.05) is 84.9 Å². The fourth-order valence-corrected chi connectivity index (χ4v) is 4.32. The molecule has 6 aromatic rings. The van der Waals surface area contributed by atoms with E-state index in [1.165, 1.54) is 43.1 Å². The third-order valence-corrected chi connectivity index (χ3v) is 5.59. The quantitative estimate of drug-likeness (QED) is 0.321. The molecule has 0 aliphatic rings. The van der Waals surface area contributed by atoms with Crippen molar-refractivity contribution in [1.82, 2.24) is 0 Å². The smallest absolute Gasteiger partial charge is 0.0464 e. The van der Waals surface area contributed by atoms with Crippen molar-refractivity contribution in [1.29, 1.82) is 0 Å². The van der Waals surface area contributed by atoms with Gasteiger partial charge in [-0.15, -0.1) is 0 Å². The second-order valence-corrected chi connectivity index (χ2v) is 7.12. The van der Waals surface area contributed by atoms with Crippen LogP contribution in [0.2, 0.25) is 0 Å². The first-order valence-electron chi connectivity index (χ1n) is 9.30. The molecule has 0 amide bonds. The van der Waals surface area contributed by atoms with E-state index in [1.807, 2.05) is 0 Å². The minimum atomic E-state index is 1.14. The lowest BCUT2D eigenvalue weighted by Crippen LogP contribution is -1.94. The van der Waals surface area contributed by atoms with Crippen molar-refractivity contribution >= 4 is 54.5 Å². The van der Waals surface area contributed by atoms with Crippen LogP contribution in [0.5, 0.6) is 0 Å². The Morgan fingerprint density at radius 3 is 1.85 bits per heavy atom. The van der Waals surface area contributed by atoms with Crippen LogP contribution in [0.3, 0.4) is 0 Å². The fraction of sp³-hybridized carbons (Fsp3) is 0. The van der Waals surface area contributed by atoms with Gasteiger partial charge in [-0.05, 0) is 44.5 Å². The average Bonchev–Trinajstić information content (AvgIpc) is 2.73. The maximum absolute atomic E-state index is 3.70. The summed E-state index contributed by atoms with van der Waals surface area (Å²) in [6.07, 6.45) is 0. The van der Waals surface area contributed by atoms with E-state index in [0.717, 1.165) is 11.4 Å². The van der Waals surface area contributed by atoms with Gasteiger partial charge in [0.1, 0.15) is 0 Å². The number of hydrogen-bond donors (Lipinski definition) is 1. The lowest BCUT2D eigenvalue weighted by atomic mass is 9.93. The van der Waals surface area contributed by atoms with E-state index < -0.39 is 0 Å². The molecule has 0 fully saturated rings. The van der Waals surface area contributed by atoms with Crippen LogP contribution in [0.15, 0.2) is 97.1 Å². The molecule has 0 aromatic heterocycles. The number of benzene rings is 6. The van der Waals surface area contributed by atoms with Gasteiger partial charge in [0.2, 0.25) is 0 Å². The molecule has 27 heavy (non-hydrogen) atoms. The Morgan fingerprint density at radius 1 is 0.370 bits per heavy atom. The van der Waals surface area contributed by atoms with Crippen molar-refractivity contribution in [3.63, 3.8) is 0 Å². The Labute approximate surface area is 157 Å². The number of rotatable bonds is 2. The van der Waals surface area contributed by atoms with Gasteiger partial charge in [0.05, 0.1) is 0 Å². The molecule has 0 saturated heterocycles. The average molecular weight is 343 g/mol. The lowest BCUT2D eigenvalue weighted by molar-refractivity contribution is 1.62. The Kier molecular flexibility index (Phi) is 2.95. The first kappa shape index (κ1) is 14.6. The van der Waals surface area contributed by atoms with E-state index in [-0.39, 0.29) is 0 Å². The SMILES string of the molecule is c1ccc2c(Nc3ccc4ccc5cccc6ccc3c4c56)cccc2c1. The molecule has 0 radical (unpaired) electrons. The van der Waals surface area contributed by atoms with E-state index in [2.05, 4.69) is 102 Å². The topological polar surface area (TPSA) is 12.0 Å². The third kappa shape index (κ3) is 2.12. The molecule has 1 N–H and O–H groups in total. The van der Waals surface area contributed by atoms with Crippen LogP contribution in [0.25, 0.3) is 43.1 Å². The molecule has 6 rings (SSSR count). The van der Waals surface area contributed by atoms with E-state index in [1.54, 1.807) is 0 Å². The van der Waals surface area contributed by atoms with Crippen LogP contribution in [0, 0.1) is 0 Å². The predicted octanol–water partition coefficient (Wildman–Crippen LogP) is 7.48.